The van der Waals surface area contributed by atoms with Gasteiger partial charge in [0, 0.05) is 9.75 Å². The van der Waals surface area contributed by atoms with Crippen molar-refractivity contribution in [2.24, 2.45) is 5.73 Å². The first-order valence-electron chi connectivity index (χ1n) is 4.23. The van der Waals surface area contributed by atoms with Crippen LogP contribution in [0.15, 0.2) is 27.4 Å². The Kier molecular flexibility index (Phi) is 3.07. The van der Waals surface area contributed by atoms with Gasteiger partial charge in [0.05, 0.1) is 9.83 Å². The molecule has 1 atom stereocenters. The van der Waals surface area contributed by atoms with Gasteiger partial charge in [-0.2, -0.15) is 0 Å². The van der Waals surface area contributed by atoms with Gasteiger partial charge in [-0.05, 0) is 45.9 Å². The molecule has 1 unspecified atom stereocenters. The van der Waals surface area contributed by atoms with E-state index in [0.717, 1.165) is 0 Å². The number of halogens is 1. The highest BCUT2D eigenvalue weighted by Gasteiger charge is 2.13. The Morgan fingerprint density at radius 3 is 2.71 bits per heavy atom. The molecule has 2 aromatic rings. The number of aryl methyl sites for hydroxylation is 1. The van der Waals surface area contributed by atoms with Crippen molar-refractivity contribution < 1.29 is 0 Å². The summed E-state index contributed by atoms with van der Waals surface area (Å²) in [6, 6.07) is 6.30. The molecular formula is C10H10BrNS2. The van der Waals surface area contributed by atoms with Crippen LogP contribution < -0.4 is 5.73 Å². The molecule has 4 heteroatoms. The van der Waals surface area contributed by atoms with Gasteiger partial charge in [0.2, 0.25) is 0 Å². The molecule has 0 aromatic carbocycles. The van der Waals surface area contributed by atoms with Gasteiger partial charge in [-0.1, -0.05) is 6.07 Å². The SMILES string of the molecule is Cc1cc(C(N)c2cccs2)sc1Br. The molecule has 0 fully saturated rings. The predicted molar refractivity (Wildman–Crippen MR) is 67.1 cm³/mol. The third kappa shape index (κ3) is 1.93. The standard InChI is InChI=1S/C10H10BrNS2/c1-6-5-8(14-10(6)11)9(12)7-3-2-4-13-7/h2-5,9H,12H2,1H3. The van der Waals surface area contributed by atoms with Crippen molar-refractivity contribution >= 4 is 38.6 Å². The molecule has 1 nitrogen and oxygen atoms in total. The average Bonchev–Trinajstić information content (AvgIpc) is 2.76. The summed E-state index contributed by atoms with van der Waals surface area (Å²) < 4.78 is 1.18. The van der Waals surface area contributed by atoms with Crippen molar-refractivity contribution in [1.29, 1.82) is 0 Å². The van der Waals surface area contributed by atoms with Crippen LogP contribution in [0.2, 0.25) is 0 Å². The predicted octanol–water partition coefficient (Wildman–Crippen LogP) is 3.93. The number of hydrogen-bond acceptors (Lipinski definition) is 3. The van der Waals surface area contributed by atoms with Crippen molar-refractivity contribution in [2.45, 2.75) is 13.0 Å². The summed E-state index contributed by atoms with van der Waals surface area (Å²) in [7, 11) is 0. The first-order valence-corrected chi connectivity index (χ1v) is 6.72. The Bertz CT molecular complexity index is 400. The summed E-state index contributed by atoms with van der Waals surface area (Å²) in [5.74, 6) is 0. The number of nitrogens with two attached hydrogens (primary N) is 1. The van der Waals surface area contributed by atoms with E-state index in [9.17, 15) is 0 Å². The average molecular weight is 288 g/mol. The molecule has 0 aliphatic heterocycles. The van der Waals surface area contributed by atoms with Crippen LogP contribution in [-0.2, 0) is 0 Å². The molecule has 14 heavy (non-hydrogen) atoms. The molecular weight excluding hydrogens is 278 g/mol. The van der Waals surface area contributed by atoms with Crippen LogP contribution in [0, 0.1) is 6.92 Å². The molecule has 2 N–H and O–H groups in total. The summed E-state index contributed by atoms with van der Waals surface area (Å²) >= 11 is 6.94. The van der Waals surface area contributed by atoms with Gasteiger partial charge >= 0.3 is 0 Å². The normalized spacial score (nSPS) is 13.1. The van der Waals surface area contributed by atoms with E-state index in [1.807, 2.05) is 6.07 Å². The summed E-state index contributed by atoms with van der Waals surface area (Å²) in [5, 5.41) is 2.06. The zero-order valence-electron chi connectivity index (χ0n) is 7.66. The molecule has 0 bridgehead atoms. The Morgan fingerprint density at radius 1 is 1.43 bits per heavy atom. The lowest BCUT2D eigenvalue weighted by Crippen LogP contribution is -2.07. The molecule has 74 valence electrons. The first kappa shape index (κ1) is 10.4. The van der Waals surface area contributed by atoms with Crippen LogP contribution in [0.3, 0.4) is 0 Å². The van der Waals surface area contributed by atoms with Crippen LogP contribution in [-0.4, -0.2) is 0 Å². The maximum atomic E-state index is 6.14. The van der Waals surface area contributed by atoms with Crippen molar-refractivity contribution in [3.05, 3.63) is 42.7 Å². The molecule has 2 rings (SSSR count). The van der Waals surface area contributed by atoms with E-state index in [-0.39, 0.29) is 6.04 Å². The fraction of sp³-hybridized carbons (Fsp3) is 0.200. The first-order chi connectivity index (χ1) is 6.68. The van der Waals surface area contributed by atoms with Gasteiger partial charge in [-0.25, -0.2) is 0 Å². The highest BCUT2D eigenvalue weighted by Crippen LogP contribution is 2.34. The molecule has 0 aliphatic rings. The second-order valence-corrected chi connectivity index (χ2v) is 6.48. The molecule has 0 saturated heterocycles. The number of thiophene rings is 2. The monoisotopic (exact) mass is 287 g/mol. The molecule has 0 saturated carbocycles. The fourth-order valence-corrected chi connectivity index (χ4v) is 3.66. The van der Waals surface area contributed by atoms with Gasteiger partial charge in [0.1, 0.15) is 0 Å². The van der Waals surface area contributed by atoms with Gasteiger partial charge in [-0.15, -0.1) is 22.7 Å². The fourth-order valence-electron chi connectivity index (χ4n) is 1.25. The van der Waals surface area contributed by atoms with Crippen LogP contribution in [0.25, 0.3) is 0 Å². The van der Waals surface area contributed by atoms with E-state index in [1.54, 1.807) is 22.7 Å². The molecule has 2 aromatic heterocycles. The molecule has 2 heterocycles. The van der Waals surface area contributed by atoms with E-state index in [4.69, 9.17) is 5.73 Å². The topological polar surface area (TPSA) is 26.0 Å². The lowest BCUT2D eigenvalue weighted by molar-refractivity contribution is 0.916. The van der Waals surface area contributed by atoms with E-state index in [0.29, 0.717) is 0 Å². The largest absolute Gasteiger partial charge is 0.319 e. The molecule has 0 aliphatic carbocycles. The smallest absolute Gasteiger partial charge is 0.0740 e. The summed E-state index contributed by atoms with van der Waals surface area (Å²) in [4.78, 5) is 2.44. The van der Waals surface area contributed by atoms with Crippen molar-refractivity contribution in [3.8, 4) is 0 Å². The van der Waals surface area contributed by atoms with E-state index >= 15 is 0 Å². The molecule has 0 amide bonds. The maximum Gasteiger partial charge on any atom is 0.0740 e. The number of rotatable bonds is 2. The Balaban J connectivity index is 2.32. The minimum Gasteiger partial charge on any atom is -0.319 e. The quantitative estimate of drug-likeness (QED) is 0.890. The lowest BCUT2D eigenvalue weighted by Gasteiger charge is -2.05. The highest BCUT2D eigenvalue weighted by molar-refractivity contribution is 9.11. The van der Waals surface area contributed by atoms with E-state index in [1.165, 1.54) is 19.1 Å². The highest BCUT2D eigenvalue weighted by atomic mass is 79.9. The van der Waals surface area contributed by atoms with Gasteiger partial charge in [-0.3, -0.25) is 0 Å². The van der Waals surface area contributed by atoms with Crippen LogP contribution in [0.5, 0.6) is 0 Å². The molecule has 0 spiro atoms. The van der Waals surface area contributed by atoms with Crippen LogP contribution in [0.1, 0.15) is 21.4 Å². The summed E-state index contributed by atoms with van der Waals surface area (Å²) in [5.41, 5.74) is 7.40. The second kappa shape index (κ2) is 4.14. The second-order valence-electron chi connectivity index (χ2n) is 3.10. The van der Waals surface area contributed by atoms with E-state index in [2.05, 4.69) is 40.4 Å². The van der Waals surface area contributed by atoms with Crippen LogP contribution >= 0.6 is 38.6 Å². The van der Waals surface area contributed by atoms with E-state index < -0.39 is 0 Å². The third-order valence-corrected chi connectivity index (χ3v) is 5.21. The summed E-state index contributed by atoms with van der Waals surface area (Å²) in [6.07, 6.45) is 0. The van der Waals surface area contributed by atoms with Crippen molar-refractivity contribution in [2.75, 3.05) is 0 Å². The Labute approximate surface area is 99.7 Å². The van der Waals surface area contributed by atoms with Crippen molar-refractivity contribution in [3.63, 3.8) is 0 Å². The van der Waals surface area contributed by atoms with Gasteiger partial charge in [0.25, 0.3) is 0 Å². The zero-order chi connectivity index (χ0) is 10.1. The number of hydrogen-bond donors (Lipinski definition) is 1. The minimum atomic E-state index is 0.0324. The van der Waals surface area contributed by atoms with Gasteiger partial charge < -0.3 is 5.73 Å². The molecule has 0 radical (unpaired) electrons. The maximum absolute atomic E-state index is 6.14. The summed E-state index contributed by atoms with van der Waals surface area (Å²) in [6.45, 7) is 2.09. The lowest BCUT2D eigenvalue weighted by atomic mass is 10.2. The van der Waals surface area contributed by atoms with Crippen LogP contribution in [0.4, 0.5) is 0 Å². The Morgan fingerprint density at radius 2 is 2.21 bits per heavy atom. The minimum absolute atomic E-state index is 0.0324. The van der Waals surface area contributed by atoms with Crippen molar-refractivity contribution in [1.82, 2.24) is 0 Å². The zero-order valence-corrected chi connectivity index (χ0v) is 10.9. The third-order valence-electron chi connectivity index (χ3n) is 2.03. The Hall–Kier alpha value is -0.160. The van der Waals surface area contributed by atoms with Gasteiger partial charge in [0.15, 0.2) is 0 Å².